The molecule has 5 heteroatoms. The van der Waals surface area contributed by atoms with Crippen molar-refractivity contribution in [2.75, 3.05) is 37.6 Å². The molecule has 1 unspecified atom stereocenters. The van der Waals surface area contributed by atoms with Gasteiger partial charge in [0.2, 0.25) is 0 Å². The van der Waals surface area contributed by atoms with E-state index >= 15 is 0 Å². The van der Waals surface area contributed by atoms with Crippen LogP contribution in [0.15, 0.2) is 18.3 Å². The van der Waals surface area contributed by atoms with E-state index in [1.54, 1.807) is 6.07 Å². The van der Waals surface area contributed by atoms with Crippen LogP contribution in [0.25, 0.3) is 0 Å². The van der Waals surface area contributed by atoms with E-state index in [0.29, 0.717) is 12.6 Å². The number of nitrogens with zero attached hydrogens (tertiary/aromatic N) is 3. The molecular weight excluding hydrogens is 219 g/mol. The fourth-order valence-electron chi connectivity index (χ4n) is 2.10. The van der Waals surface area contributed by atoms with E-state index in [0.717, 1.165) is 32.0 Å². The molecule has 94 valence electrons. The lowest BCUT2D eigenvalue weighted by Crippen LogP contribution is -2.51. The summed E-state index contributed by atoms with van der Waals surface area (Å²) in [5.74, 6) is 0.565. The first kappa shape index (κ1) is 12.3. The van der Waals surface area contributed by atoms with E-state index in [2.05, 4.69) is 21.7 Å². The summed E-state index contributed by atoms with van der Waals surface area (Å²) in [7, 11) is 0. The summed E-state index contributed by atoms with van der Waals surface area (Å²) in [4.78, 5) is 8.65. The van der Waals surface area contributed by atoms with Crippen molar-refractivity contribution in [3.63, 3.8) is 0 Å². The Kier molecular flexibility index (Phi) is 3.91. The van der Waals surface area contributed by atoms with E-state index in [1.165, 1.54) is 12.3 Å². The van der Waals surface area contributed by atoms with Gasteiger partial charge in [0.1, 0.15) is 11.6 Å². The molecular formula is C12H19FN4. The lowest BCUT2D eigenvalue weighted by atomic mass is 10.2. The standard InChI is InChI=1S/C12H19FN4/c1-10(8-14)16-4-6-17(7-5-16)12-3-2-11(13)9-15-12/h2-3,9-10H,4-8,14H2,1H3. The molecule has 2 rings (SSSR count). The van der Waals surface area contributed by atoms with Crippen molar-refractivity contribution in [1.82, 2.24) is 9.88 Å². The number of anilines is 1. The number of hydrogen-bond donors (Lipinski definition) is 1. The zero-order chi connectivity index (χ0) is 12.3. The monoisotopic (exact) mass is 238 g/mol. The number of hydrogen-bond acceptors (Lipinski definition) is 4. The highest BCUT2D eigenvalue weighted by Gasteiger charge is 2.20. The average molecular weight is 238 g/mol. The fraction of sp³-hybridized carbons (Fsp3) is 0.583. The van der Waals surface area contributed by atoms with Crippen LogP contribution >= 0.6 is 0 Å². The Bertz CT molecular complexity index is 346. The largest absolute Gasteiger partial charge is 0.354 e. The van der Waals surface area contributed by atoms with Gasteiger partial charge >= 0.3 is 0 Å². The summed E-state index contributed by atoms with van der Waals surface area (Å²) in [5.41, 5.74) is 5.66. The topological polar surface area (TPSA) is 45.4 Å². The molecule has 0 aromatic carbocycles. The van der Waals surface area contributed by atoms with E-state index in [4.69, 9.17) is 5.73 Å². The maximum absolute atomic E-state index is 12.8. The Hall–Kier alpha value is -1.20. The van der Waals surface area contributed by atoms with Gasteiger partial charge in [0.25, 0.3) is 0 Å². The van der Waals surface area contributed by atoms with Crippen LogP contribution in [0.4, 0.5) is 10.2 Å². The lowest BCUT2D eigenvalue weighted by molar-refractivity contribution is 0.201. The van der Waals surface area contributed by atoms with Crippen molar-refractivity contribution >= 4 is 5.82 Å². The molecule has 1 aliphatic rings. The smallest absolute Gasteiger partial charge is 0.141 e. The van der Waals surface area contributed by atoms with Crippen molar-refractivity contribution < 1.29 is 4.39 Å². The first-order valence-corrected chi connectivity index (χ1v) is 6.01. The predicted molar refractivity (Wildman–Crippen MR) is 66.5 cm³/mol. The summed E-state index contributed by atoms with van der Waals surface area (Å²) in [6.45, 7) is 6.64. The molecule has 1 aliphatic heterocycles. The molecule has 1 aromatic heterocycles. The van der Waals surface area contributed by atoms with Gasteiger partial charge in [-0.1, -0.05) is 0 Å². The number of pyridine rings is 1. The molecule has 17 heavy (non-hydrogen) atoms. The van der Waals surface area contributed by atoms with Gasteiger partial charge in [0, 0.05) is 38.8 Å². The van der Waals surface area contributed by atoms with Crippen LogP contribution in [-0.2, 0) is 0 Å². The van der Waals surface area contributed by atoms with Crippen LogP contribution in [0.5, 0.6) is 0 Å². The molecule has 4 nitrogen and oxygen atoms in total. The normalized spacial score (nSPS) is 19.4. The van der Waals surface area contributed by atoms with Crippen LogP contribution in [0.2, 0.25) is 0 Å². The second-order valence-corrected chi connectivity index (χ2v) is 4.44. The molecule has 0 amide bonds. The Morgan fingerprint density at radius 2 is 2.06 bits per heavy atom. The quantitative estimate of drug-likeness (QED) is 0.841. The predicted octanol–water partition coefficient (Wildman–Crippen LogP) is 0.690. The van der Waals surface area contributed by atoms with Crippen molar-refractivity contribution in [1.29, 1.82) is 0 Å². The number of aromatic nitrogens is 1. The van der Waals surface area contributed by atoms with Crippen LogP contribution in [-0.4, -0.2) is 48.6 Å². The van der Waals surface area contributed by atoms with E-state index in [9.17, 15) is 4.39 Å². The molecule has 0 spiro atoms. The summed E-state index contributed by atoms with van der Waals surface area (Å²) in [6.07, 6.45) is 1.27. The minimum atomic E-state index is -0.288. The van der Waals surface area contributed by atoms with Crippen LogP contribution < -0.4 is 10.6 Å². The highest BCUT2D eigenvalue weighted by Crippen LogP contribution is 2.14. The maximum Gasteiger partial charge on any atom is 0.141 e. The van der Waals surface area contributed by atoms with Crippen molar-refractivity contribution in [3.05, 3.63) is 24.1 Å². The number of halogens is 1. The zero-order valence-corrected chi connectivity index (χ0v) is 10.1. The van der Waals surface area contributed by atoms with Gasteiger partial charge in [-0.15, -0.1) is 0 Å². The van der Waals surface area contributed by atoms with Gasteiger partial charge in [-0.2, -0.15) is 0 Å². The third kappa shape index (κ3) is 2.92. The van der Waals surface area contributed by atoms with Gasteiger partial charge in [0.15, 0.2) is 0 Å². The van der Waals surface area contributed by atoms with Crippen molar-refractivity contribution in [2.45, 2.75) is 13.0 Å². The van der Waals surface area contributed by atoms with Crippen LogP contribution in [0.1, 0.15) is 6.92 Å². The summed E-state index contributed by atoms with van der Waals surface area (Å²) < 4.78 is 12.8. The molecule has 2 heterocycles. The van der Waals surface area contributed by atoms with Crippen molar-refractivity contribution in [2.24, 2.45) is 5.73 Å². The molecule has 2 N–H and O–H groups in total. The Balaban J connectivity index is 1.93. The molecule has 0 radical (unpaired) electrons. The highest BCUT2D eigenvalue weighted by molar-refractivity contribution is 5.38. The fourth-order valence-corrected chi connectivity index (χ4v) is 2.10. The SMILES string of the molecule is CC(CN)N1CCN(c2ccc(F)cn2)CC1. The lowest BCUT2D eigenvalue weighted by Gasteiger charge is -2.38. The van der Waals surface area contributed by atoms with Gasteiger partial charge in [0.05, 0.1) is 6.20 Å². The molecule has 0 bridgehead atoms. The first-order chi connectivity index (χ1) is 8.20. The maximum atomic E-state index is 12.8. The van der Waals surface area contributed by atoms with Gasteiger partial charge in [-0.3, -0.25) is 4.90 Å². The van der Waals surface area contributed by atoms with E-state index < -0.39 is 0 Å². The second-order valence-electron chi connectivity index (χ2n) is 4.44. The van der Waals surface area contributed by atoms with Gasteiger partial charge in [-0.05, 0) is 19.1 Å². The molecule has 1 atom stereocenters. The molecule has 0 saturated carbocycles. The highest BCUT2D eigenvalue weighted by atomic mass is 19.1. The van der Waals surface area contributed by atoms with E-state index in [-0.39, 0.29) is 5.82 Å². The molecule has 1 aromatic rings. The Morgan fingerprint density at radius 1 is 1.35 bits per heavy atom. The minimum absolute atomic E-state index is 0.288. The second kappa shape index (κ2) is 5.42. The molecule has 1 saturated heterocycles. The minimum Gasteiger partial charge on any atom is -0.354 e. The number of piperazine rings is 1. The summed E-state index contributed by atoms with van der Waals surface area (Å²) in [5, 5.41) is 0. The van der Waals surface area contributed by atoms with Gasteiger partial charge in [-0.25, -0.2) is 9.37 Å². The van der Waals surface area contributed by atoms with Gasteiger partial charge < -0.3 is 10.6 Å². The van der Waals surface area contributed by atoms with E-state index in [1.807, 2.05) is 0 Å². The Morgan fingerprint density at radius 3 is 2.59 bits per heavy atom. The molecule has 1 fully saturated rings. The summed E-state index contributed by atoms with van der Waals surface area (Å²) in [6, 6.07) is 3.62. The molecule has 0 aliphatic carbocycles. The zero-order valence-electron chi connectivity index (χ0n) is 10.1. The number of nitrogens with two attached hydrogens (primary N) is 1. The Labute approximate surface area is 101 Å². The van der Waals surface area contributed by atoms with Crippen LogP contribution in [0, 0.1) is 5.82 Å². The first-order valence-electron chi connectivity index (χ1n) is 6.01. The number of rotatable bonds is 3. The summed E-state index contributed by atoms with van der Waals surface area (Å²) >= 11 is 0. The average Bonchev–Trinajstić information content (AvgIpc) is 2.39. The van der Waals surface area contributed by atoms with Crippen molar-refractivity contribution in [3.8, 4) is 0 Å². The third-order valence-corrected chi connectivity index (χ3v) is 3.31. The van der Waals surface area contributed by atoms with Crippen LogP contribution in [0.3, 0.4) is 0 Å². The third-order valence-electron chi connectivity index (χ3n) is 3.31.